The molecular weight excluding hydrogens is 273 g/mol. The molecule has 2 aromatic carbocycles. The lowest BCUT2D eigenvalue weighted by molar-refractivity contribution is 0.346. The second kappa shape index (κ2) is 6.33. The van der Waals surface area contributed by atoms with Gasteiger partial charge in [-0.25, -0.2) is 0 Å². The summed E-state index contributed by atoms with van der Waals surface area (Å²) in [6, 6.07) is 19.0. The summed E-state index contributed by atoms with van der Waals surface area (Å²) < 4.78 is 11.4. The number of nitrogens with one attached hydrogen (secondary N) is 1. The van der Waals surface area contributed by atoms with Crippen LogP contribution in [0.25, 0.3) is 0 Å². The Bertz CT molecular complexity index is 543. The molecule has 0 aromatic heterocycles. The minimum atomic E-state index is -4.16. The summed E-state index contributed by atoms with van der Waals surface area (Å²) >= 11 is 0. The Morgan fingerprint density at radius 2 is 1.30 bits per heavy atom. The van der Waals surface area contributed by atoms with Crippen molar-refractivity contribution in [1.82, 2.24) is 5.32 Å². The third kappa shape index (κ3) is 3.78. The van der Waals surface area contributed by atoms with Crippen LogP contribution in [0.2, 0.25) is 0 Å². The molecule has 0 fully saturated rings. The Labute approximate surface area is 118 Å². The molecule has 0 aliphatic rings. The van der Waals surface area contributed by atoms with Crippen molar-refractivity contribution in [1.29, 1.82) is 0 Å². The molecule has 20 heavy (non-hydrogen) atoms. The van der Waals surface area contributed by atoms with Gasteiger partial charge in [-0.1, -0.05) is 60.7 Å². The van der Waals surface area contributed by atoms with Crippen LogP contribution >= 0.6 is 7.60 Å². The van der Waals surface area contributed by atoms with Crippen LogP contribution in [-0.4, -0.2) is 15.6 Å². The minimum Gasteiger partial charge on any atom is -0.323 e. The second-order valence-electron chi connectivity index (χ2n) is 4.69. The third-order valence-corrected chi connectivity index (χ3v) is 4.34. The van der Waals surface area contributed by atoms with Crippen LogP contribution in [0.4, 0.5) is 0 Å². The van der Waals surface area contributed by atoms with Gasteiger partial charge in [-0.3, -0.25) is 9.88 Å². The molecule has 4 nitrogen and oxygen atoms in total. The van der Waals surface area contributed by atoms with E-state index in [0.29, 0.717) is 0 Å². The van der Waals surface area contributed by atoms with E-state index in [1.54, 1.807) is 0 Å². The van der Waals surface area contributed by atoms with Crippen molar-refractivity contribution < 1.29 is 14.4 Å². The largest absolute Gasteiger partial charge is 0.342 e. The molecule has 0 saturated carbocycles. The Hall–Kier alpha value is -1.45. The smallest absolute Gasteiger partial charge is 0.323 e. The van der Waals surface area contributed by atoms with Crippen molar-refractivity contribution in [2.24, 2.45) is 0 Å². The number of benzene rings is 2. The molecule has 0 saturated heterocycles. The standard InChI is InChI=1S/C15H18NO3P/c1-12(20(17,18)19)16-15(13-8-4-2-5-9-13)14-10-6-3-7-11-14/h2-12,15-16H,1H3,(H2,17,18,19). The zero-order valence-electron chi connectivity index (χ0n) is 11.2. The van der Waals surface area contributed by atoms with E-state index in [0.717, 1.165) is 11.1 Å². The normalized spacial score (nSPS) is 13.4. The summed E-state index contributed by atoms with van der Waals surface area (Å²) in [7, 11) is -4.16. The van der Waals surface area contributed by atoms with Crippen molar-refractivity contribution in [2.45, 2.75) is 18.7 Å². The molecular formula is C15H18NO3P. The average Bonchev–Trinajstić information content (AvgIpc) is 2.45. The predicted molar refractivity (Wildman–Crippen MR) is 79.4 cm³/mol. The molecule has 5 heteroatoms. The highest BCUT2D eigenvalue weighted by Gasteiger charge is 2.27. The molecule has 0 bridgehead atoms. The number of hydrogen-bond acceptors (Lipinski definition) is 2. The summed E-state index contributed by atoms with van der Waals surface area (Å²) in [6.07, 6.45) is 0. The van der Waals surface area contributed by atoms with Crippen molar-refractivity contribution in [2.75, 3.05) is 0 Å². The number of rotatable bonds is 5. The van der Waals surface area contributed by atoms with Crippen LogP contribution in [-0.2, 0) is 4.57 Å². The molecule has 1 atom stereocenters. The van der Waals surface area contributed by atoms with Crippen molar-refractivity contribution >= 4 is 7.60 Å². The Balaban J connectivity index is 2.33. The fraction of sp³-hybridized carbons (Fsp3) is 0.200. The molecule has 0 amide bonds. The van der Waals surface area contributed by atoms with Crippen LogP contribution in [0.5, 0.6) is 0 Å². The van der Waals surface area contributed by atoms with E-state index in [4.69, 9.17) is 0 Å². The van der Waals surface area contributed by atoms with Gasteiger partial charge in [-0.2, -0.15) is 0 Å². The lowest BCUT2D eigenvalue weighted by Gasteiger charge is -2.24. The maximum atomic E-state index is 11.4. The van der Waals surface area contributed by atoms with E-state index in [1.165, 1.54) is 6.92 Å². The van der Waals surface area contributed by atoms with Gasteiger partial charge in [0.05, 0.1) is 6.04 Å². The van der Waals surface area contributed by atoms with Crippen LogP contribution < -0.4 is 5.32 Å². The molecule has 0 heterocycles. The number of hydrogen-bond donors (Lipinski definition) is 3. The average molecular weight is 291 g/mol. The van der Waals surface area contributed by atoms with E-state index in [-0.39, 0.29) is 6.04 Å². The quantitative estimate of drug-likeness (QED) is 0.741. The van der Waals surface area contributed by atoms with Gasteiger partial charge in [-0.05, 0) is 18.1 Å². The highest BCUT2D eigenvalue weighted by Crippen LogP contribution is 2.41. The van der Waals surface area contributed by atoms with E-state index in [2.05, 4.69) is 5.32 Å². The zero-order chi connectivity index (χ0) is 14.6. The maximum absolute atomic E-state index is 11.4. The van der Waals surface area contributed by atoms with Gasteiger partial charge in [-0.15, -0.1) is 0 Å². The predicted octanol–water partition coefficient (Wildman–Crippen LogP) is 2.89. The fourth-order valence-corrected chi connectivity index (χ4v) is 2.36. The molecule has 0 radical (unpaired) electrons. The summed E-state index contributed by atoms with van der Waals surface area (Å²) in [6.45, 7) is 1.50. The monoisotopic (exact) mass is 291 g/mol. The van der Waals surface area contributed by atoms with Gasteiger partial charge in [0.1, 0.15) is 5.78 Å². The molecule has 0 spiro atoms. The molecule has 0 aliphatic heterocycles. The van der Waals surface area contributed by atoms with Gasteiger partial charge >= 0.3 is 7.60 Å². The van der Waals surface area contributed by atoms with Crippen LogP contribution in [0.15, 0.2) is 60.7 Å². The summed E-state index contributed by atoms with van der Waals surface area (Å²) in [5, 5.41) is 3.03. The molecule has 0 aliphatic carbocycles. The molecule has 1 unspecified atom stereocenters. The first-order valence-electron chi connectivity index (χ1n) is 6.39. The molecule has 3 N–H and O–H groups in total. The van der Waals surface area contributed by atoms with E-state index < -0.39 is 13.4 Å². The molecule has 2 aromatic rings. The van der Waals surface area contributed by atoms with E-state index in [1.807, 2.05) is 60.7 Å². The first kappa shape index (κ1) is 14.9. The van der Waals surface area contributed by atoms with Crippen molar-refractivity contribution in [3.05, 3.63) is 71.8 Å². The van der Waals surface area contributed by atoms with E-state index in [9.17, 15) is 14.4 Å². The highest BCUT2D eigenvalue weighted by atomic mass is 31.2. The summed E-state index contributed by atoms with van der Waals surface area (Å²) in [5.74, 6) is -0.909. The van der Waals surface area contributed by atoms with Crippen LogP contribution in [0.1, 0.15) is 24.1 Å². The van der Waals surface area contributed by atoms with E-state index >= 15 is 0 Å². The van der Waals surface area contributed by atoms with Gasteiger partial charge in [0.25, 0.3) is 0 Å². The zero-order valence-corrected chi connectivity index (χ0v) is 12.1. The lowest BCUT2D eigenvalue weighted by atomic mass is 9.99. The van der Waals surface area contributed by atoms with Gasteiger partial charge in [0, 0.05) is 0 Å². The second-order valence-corrected chi connectivity index (χ2v) is 6.64. The fourth-order valence-electron chi connectivity index (χ4n) is 2.01. The first-order valence-corrected chi connectivity index (χ1v) is 8.08. The molecule has 2 rings (SSSR count). The lowest BCUT2D eigenvalue weighted by Crippen LogP contribution is -2.31. The Kier molecular flexibility index (Phi) is 4.73. The van der Waals surface area contributed by atoms with Crippen LogP contribution in [0.3, 0.4) is 0 Å². The first-order chi connectivity index (χ1) is 9.48. The van der Waals surface area contributed by atoms with Crippen LogP contribution in [0, 0.1) is 0 Å². The maximum Gasteiger partial charge on any atom is 0.342 e. The minimum absolute atomic E-state index is 0.250. The third-order valence-electron chi connectivity index (χ3n) is 3.18. The summed E-state index contributed by atoms with van der Waals surface area (Å²) in [4.78, 5) is 18.6. The topological polar surface area (TPSA) is 69.6 Å². The van der Waals surface area contributed by atoms with Crippen molar-refractivity contribution in [3.8, 4) is 0 Å². The van der Waals surface area contributed by atoms with Gasteiger partial charge in [0.15, 0.2) is 0 Å². The van der Waals surface area contributed by atoms with Crippen molar-refractivity contribution in [3.63, 3.8) is 0 Å². The Morgan fingerprint density at radius 1 is 0.900 bits per heavy atom. The molecule has 106 valence electrons. The SMILES string of the molecule is CC(NC(c1ccccc1)c1ccccc1)P(=O)(O)O. The Morgan fingerprint density at radius 3 is 1.65 bits per heavy atom. The van der Waals surface area contributed by atoms with Gasteiger partial charge in [0.2, 0.25) is 0 Å². The summed E-state index contributed by atoms with van der Waals surface area (Å²) in [5.41, 5.74) is 1.94. The highest BCUT2D eigenvalue weighted by molar-refractivity contribution is 7.52. The van der Waals surface area contributed by atoms with Gasteiger partial charge < -0.3 is 9.79 Å².